The van der Waals surface area contributed by atoms with Gasteiger partial charge in [0.1, 0.15) is 11.8 Å². The quantitative estimate of drug-likeness (QED) is 0.219. The molecule has 7 heteroatoms. The lowest BCUT2D eigenvalue weighted by atomic mass is 10.0. The Morgan fingerprint density at radius 1 is 0.923 bits per heavy atom. The Hall–Kier alpha value is -3.35. The van der Waals surface area contributed by atoms with Gasteiger partial charge >= 0.3 is 0 Å². The first-order valence-electron chi connectivity index (χ1n) is 12.8. The molecule has 1 atom stereocenters. The lowest BCUT2D eigenvalue weighted by molar-refractivity contribution is -0.143. The smallest absolute Gasteiger partial charge is 0.261 e. The van der Waals surface area contributed by atoms with E-state index in [1.54, 1.807) is 11.0 Å². The highest BCUT2D eigenvalue weighted by molar-refractivity contribution is 9.10. The van der Waals surface area contributed by atoms with Gasteiger partial charge < -0.3 is 15.0 Å². The van der Waals surface area contributed by atoms with E-state index in [1.807, 2.05) is 106 Å². The standard InChI is InChI=1S/C32H32BrClN2O3/c1-32(2,3)35-31(38)27(19-22-11-5-4-6-12-22)36(20-24-14-8-10-16-26(24)34)29(37)21-39-28-18-17-23-13-7-9-15-25(23)30(28)33/h4-18,27H,19-21H2,1-3H3,(H,35,38)/t27-/m0/s1. The van der Waals surface area contributed by atoms with Gasteiger partial charge in [0.05, 0.1) is 4.47 Å². The highest BCUT2D eigenvalue weighted by Crippen LogP contribution is 2.33. The third kappa shape index (κ3) is 7.61. The normalized spacial score (nSPS) is 12.1. The zero-order chi connectivity index (χ0) is 28.0. The maximum Gasteiger partial charge on any atom is 0.261 e. The predicted octanol–water partition coefficient (Wildman–Crippen LogP) is 7.19. The highest BCUT2D eigenvalue weighted by atomic mass is 79.9. The van der Waals surface area contributed by atoms with Crippen molar-refractivity contribution < 1.29 is 14.3 Å². The number of benzene rings is 4. The van der Waals surface area contributed by atoms with Crippen LogP contribution in [0.4, 0.5) is 0 Å². The van der Waals surface area contributed by atoms with Crippen molar-refractivity contribution in [1.29, 1.82) is 0 Å². The zero-order valence-corrected chi connectivity index (χ0v) is 24.6. The van der Waals surface area contributed by atoms with E-state index in [2.05, 4.69) is 21.2 Å². The second-order valence-electron chi connectivity index (χ2n) is 10.4. The van der Waals surface area contributed by atoms with Crippen LogP contribution in [0.25, 0.3) is 10.8 Å². The van der Waals surface area contributed by atoms with E-state index in [9.17, 15) is 9.59 Å². The van der Waals surface area contributed by atoms with E-state index in [1.165, 1.54) is 0 Å². The van der Waals surface area contributed by atoms with Gasteiger partial charge in [-0.25, -0.2) is 0 Å². The molecule has 202 valence electrons. The van der Waals surface area contributed by atoms with E-state index in [0.29, 0.717) is 17.2 Å². The van der Waals surface area contributed by atoms with Crippen molar-refractivity contribution >= 4 is 50.1 Å². The molecular formula is C32H32BrClN2O3. The summed E-state index contributed by atoms with van der Waals surface area (Å²) in [6, 6.07) is 28.0. The Balaban J connectivity index is 1.66. The van der Waals surface area contributed by atoms with E-state index in [0.717, 1.165) is 26.4 Å². The molecule has 39 heavy (non-hydrogen) atoms. The summed E-state index contributed by atoms with van der Waals surface area (Å²) in [7, 11) is 0. The lowest BCUT2D eigenvalue weighted by Gasteiger charge is -2.34. The van der Waals surface area contributed by atoms with Crippen LogP contribution in [0.2, 0.25) is 5.02 Å². The van der Waals surface area contributed by atoms with Gasteiger partial charge in [0.2, 0.25) is 5.91 Å². The van der Waals surface area contributed by atoms with Gasteiger partial charge in [-0.15, -0.1) is 0 Å². The fourth-order valence-corrected chi connectivity index (χ4v) is 5.17. The summed E-state index contributed by atoms with van der Waals surface area (Å²) in [4.78, 5) is 29.1. The van der Waals surface area contributed by atoms with Gasteiger partial charge in [-0.05, 0) is 70.7 Å². The summed E-state index contributed by atoms with van der Waals surface area (Å²) in [6.07, 6.45) is 0.346. The second-order valence-corrected chi connectivity index (χ2v) is 11.6. The molecule has 0 saturated carbocycles. The fourth-order valence-electron chi connectivity index (χ4n) is 4.36. The van der Waals surface area contributed by atoms with Crippen LogP contribution in [0, 0.1) is 0 Å². The average Bonchev–Trinajstić information content (AvgIpc) is 2.91. The minimum absolute atomic E-state index is 0.163. The number of rotatable bonds is 9. The van der Waals surface area contributed by atoms with Crippen LogP contribution >= 0.6 is 27.5 Å². The summed E-state index contributed by atoms with van der Waals surface area (Å²) in [5.74, 6) is -0.00268. The predicted molar refractivity (Wildman–Crippen MR) is 161 cm³/mol. The molecule has 2 amide bonds. The maximum atomic E-state index is 13.9. The van der Waals surface area contributed by atoms with E-state index >= 15 is 0 Å². The van der Waals surface area contributed by atoms with Crippen LogP contribution in [-0.4, -0.2) is 34.9 Å². The van der Waals surface area contributed by atoms with Crippen molar-refractivity contribution in [2.75, 3.05) is 6.61 Å². The van der Waals surface area contributed by atoms with Crippen molar-refractivity contribution in [2.45, 2.75) is 45.3 Å². The number of halogens is 2. The first-order chi connectivity index (χ1) is 18.6. The van der Waals surface area contributed by atoms with Crippen LogP contribution < -0.4 is 10.1 Å². The number of nitrogens with zero attached hydrogens (tertiary/aromatic N) is 1. The fraction of sp³-hybridized carbons (Fsp3) is 0.250. The number of hydrogen-bond acceptors (Lipinski definition) is 3. The number of carbonyl (C=O) groups is 2. The molecule has 0 aromatic heterocycles. The third-order valence-corrected chi connectivity index (χ3v) is 7.43. The Bertz CT molecular complexity index is 1450. The molecule has 1 N–H and O–H groups in total. The number of fused-ring (bicyclic) bond motifs is 1. The molecular weight excluding hydrogens is 576 g/mol. The van der Waals surface area contributed by atoms with Crippen molar-refractivity contribution in [1.82, 2.24) is 10.2 Å². The van der Waals surface area contributed by atoms with E-state index in [-0.39, 0.29) is 25.0 Å². The van der Waals surface area contributed by atoms with Gasteiger partial charge in [0.15, 0.2) is 6.61 Å². The molecule has 0 bridgehead atoms. The SMILES string of the molecule is CC(C)(C)NC(=O)[C@H](Cc1ccccc1)N(Cc1ccccc1Cl)C(=O)COc1ccc2ccccc2c1Br. The average molecular weight is 608 g/mol. The minimum Gasteiger partial charge on any atom is -0.483 e. The Morgan fingerprint density at radius 3 is 2.31 bits per heavy atom. The van der Waals surface area contributed by atoms with Crippen LogP contribution in [0.5, 0.6) is 5.75 Å². The van der Waals surface area contributed by atoms with Crippen LogP contribution in [0.3, 0.4) is 0 Å². The minimum atomic E-state index is -0.779. The van der Waals surface area contributed by atoms with Crippen LogP contribution in [-0.2, 0) is 22.6 Å². The molecule has 0 fully saturated rings. The van der Waals surface area contributed by atoms with Crippen molar-refractivity contribution in [3.8, 4) is 5.75 Å². The summed E-state index contributed by atoms with van der Waals surface area (Å²) in [5.41, 5.74) is 1.22. The van der Waals surface area contributed by atoms with Gasteiger partial charge in [0.25, 0.3) is 5.91 Å². The lowest BCUT2D eigenvalue weighted by Crippen LogP contribution is -2.55. The third-order valence-electron chi connectivity index (χ3n) is 6.25. The summed E-state index contributed by atoms with van der Waals surface area (Å²) in [6.45, 7) is 5.69. The van der Waals surface area contributed by atoms with Gasteiger partial charge in [-0.1, -0.05) is 90.5 Å². The van der Waals surface area contributed by atoms with Gasteiger partial charge in [-0.2, -0.15) is 0 Å². The summed E-state index contributed by atoms with van der Waals surface area (Å²) in [5, 5.41) is 5.64. The zero-order valence-electron chi connectivity index (χ0n) is 22.3. The van der Waals surface area contributed by atoms with E-state index < -0.39 is 11.6 Å². The van der Waals surface area contributed by atoms with Crippen molar-refractivity contribution in [2.24, 2.45) is 0 Å². The number of hydrogen-bond donors (Lipinski definition) is 1. The molecule has 0 aliphatic rings. The van der Waals surface area contributed by atoms with Gasteiger partial charge in [-0.3, -0.25) is 9.59 Å². The summed E-state index contributed by atoms with van der Waals surface area (Å²) < 4.78 is 6.81. The molecule has 4 aromatic carbocycles. The largest absolute Gasteiger partial charge is 0.483 e. The monoisotopic (exact) mass is 606 g/mol. The first kappa shape index (κ1) is 28.7. The topological polar surface area (TPSA) is 58.6 Å². The van der Waals surface area contributed by atoms with Crippen LogP contribution in [0.1, 0.15) is 31.9 Å². The molecule has 0 radical (unpaired) electrons. The van der Waals surface area contributed by atoms with E-state index in [4.69, 9.17) is 16.3 Å². The Morgan fingerprint density at radius 2 is 1.59 bits per heavy atom. The van der Waals surface area contributed by atoms with Crippen molar-refractivity contribution in [3.63, 3.8) is 0 Å². The second kappa shape index (κ2) is 12.7. The highest BCUT2D eigenvalue weighted by Gasteiger charge is 2.33. The number of carbonyl (C=O) groups excluding carboxylic acids is 2. The Kier molecular flexibility index (Phi) is 9.31. The molecule has 0 heterocycles. The van der Waals surface area contributed by atoms with Gasteiger partial charge in [0, 0.05) is 23.5 Å². The van der Waals surface area contributed by atoms with Crippen molar-refractivity contribution in [3.05, 3.63) is 112 Å². The number of ether oxygens (including phenoxy) is 1. The molecule has 0 unspecified atom stereocenters. The molecule has 0 aliphatic carbocycles. The van der Waals surface area contributed by atoms with Crippen LogP contribution in [0.15, 0.2) is 95.5 Å². The number of nitrogens with one attached hydrogen (secondary N) is 1. The molecule has 5 nitrogen and oxygen atoms in total. The molecule has 0 spiro atoms. The molecule has 0 saturated heterocycles. The molecule has 4 aromatic rings. The Labute approximate surface area is 243 Å². The first-order valence-corrected chi connectivity index (χ1v) is 14.0. The molecule has 4 rings (SSSR count). The number of amides is 2. The molecule has 0 aliphatic heterocycles. The maximum absolute atomic E-state index is 13.9. The summed E-state index contributed by atoms with van der Waals surface area (Å²) >= 11 is 10.1.